The van der Waals surface area contributed by atoms with Gasteiger partial charge in [0.1, 0.15) is 5.75 Å². The summed E-state index contributed by atoms with van der Waals surface area (Å²) in [6.45, 7) is 0. The Morgan fingerprint density at radius 3 is 1.57 bits per heavy atom. The SMILES string of the molecule is Cn1cc(-c2cc(F)c3n[nH]c(=S)n3c2)cn1.Cn1cc(-c2cnc3ccc(OS(=O)(=O)C(F)(F)F)cc3c2)cn1.Cn1cc(-c2cnc3ccc(Sc4nnc5c(F)cc(-c6cnn(C)c6)cn45)cc3c2)cn1. The molecule has 0 atom stereocenters. The Hall–Kier alpha value is -8.69. The fourth-order valence-corrected chi connectivity index (χ4v) is 8.99. The van der Waals surface area contributed by atoms with Gasteiger partial charge in [-0.2, -0.15) is 47.1 Å². The zero-order valence-electron chi connectivity index (χ0n) is 38.7. The second-order valence-electron chi connectivity index (χ2n) is 16.4. The summed E-state index contributed by atoms with van der Waals surface area (Å²) in [6, 6.07) is 16.3. The van der Waals surface area contributed by atoms with Crippen LogP contribution < -0.4 is 4.18 Å². The zero-order chi connectivity index (χ0) is 52.1. The van der Waals surface area contributed by atoms with Crippen molar-refractivity contribution in [3.8, 4) is 50.3 Å². The van der Waals surface area contributed by atoms with Crippen LogP contribution >= 0.6 is 24.0 Å². The molecule has 0 spiro atoms. The van der Waals surface area contributed by atoms with Crippen molar-refractivity contribution in [2.75, 3.05) is 0 Å². The quantitative estimate of drug-likeness (QED) is 0.0653. The van der Waals surface area contributed by atoms with Crippen LogP contribution in [0.1, 0.15) is 0 Å². The minimum Gasteiger partial charge on any atom is -0.376 e. The molecule has 0 aliphatic heterocycles. The van der Waals surface area contributed by atoms with E-state index in [1.54, 1.807) is 73.4 Å². The highest BCUT2D eigenvalue weighted by atomic mass is 32.2. The second-order valence-corrected chi connectivity index (χ2v) is 19.4. The third-order valence-corrected chi connectivity index (χ3v) is 13.3. The lowest BCUT2D eigenvalue weighted by Crippen LogP contribution is -2.28. The van der Waals surface area contributed by atoms with Crippen molar-refractivity contribution in [1.29, 1.82) is 0 Å². The highest BCUT2D eigenvalue weighted by Crippen LogP contribution is 2.33. The van der Waals surface area contributed by atoms with E-state index in [4.69, 9.17) is 12.2 Å². The lowest BCUT2D eigenvalue weighted by Gasteiger charge is -2.10. The number of rotatable bonds is 8. The maximum absolute atomic E-state index is 14.7. The van der Waals surface area contributed by atoms with Crippen LogP contribution in [0, 0.1) is 16.4 Å². The highest BCUT2D eigenvalue weighted by molar-refractivity contribution is 7.99. The van der Waals surface area contributed by atoms with E-state index in [-0.39, 0.29) is 11.3 Å². The van der Waals surface area contributed by atoms with Crippen molar-refractivity contribution >= 4 is 67.2 Å². The molecule has 0 unspecified atom stereocenters. The zero-order valence-corrected chi connectivity index (χ0v) is 41.2. The number of hydrogen-bond acceptors (Lipinski definition) is 14. The van der Waals surface area contributed by atoms with Gasteiger partial charge in [-0.1, -0.05) is 0 Å². The molecule has 10 aromatic heterocycles. The summed E-state index contributed by atoms with van der Waals surface area (Å²) >= 11 is 6.44. The molecule has 0 aliphatic rings. The van der Waals surface area contributed by atoms with E-state index < -0.39 is 33.0 Å². The topological polar surface area (TPSA) is 204 Å². The molecule has 374 valence electrons. The van der Waals surface area contributed by atoms with Gasteiger partial charge in [0, 0.05) is 138 Å². The molecular formula is C47H35F5N16O3S3. The van der Waals surface area contributed by atoms with Crippen LogP contribution in [0.25, 0.3) is 77.6 Å². The van der Waals surface area contributed by atoms with Crippen LogP contribution in [-0.2, 0) is 38.3 Å². The molecule has 0 amide bonds. The molecular weight excluding hydrogens is 1030 g/mol. The predicted octanol–water partition coefficient (Wildman–Crippen LogP) is 9.16. The summed E-state index contributed by atoms with van der Waals surface area (Å²) in [7, 11) is 1.55. The molecule has 0 saturated carbocycles. The Labute approximate surface area is 423 Å². The van der Waals surface area contributed by atoms with Crippen LogP contribution in [0.2, 0.25) is 0 Å². The molecule has 27 heteroatoms. The normalized spacial score (nSPS) is 11.8. The van der Waals surface area contributed by atoms with E-state index in [9.17, 15) is 30.4 Å². The van der Waals surface area contributed by atoms with Crippen molar-refractivity contribution in [2.24, 2.45) is 28.2 Å². The molecule has 0 saturated heterocycles. The molecule has 12 rings (SSSR count). The number of halogens is 5. The third-order valence-electron chi connectivity index (χ3n) is 11.1. The molecule has 0 fully saturated rings. The lowest BCUT2D eigenvalue weighted by atomic mass is 10.1. The minimum atomic E-state index is -5.71. The van der Waals surface area contributed by atoms with E-state index in [0.717, 1.165) is 49.7 Å². The Balaban J connectivity index is 0.000000134. The molecule has 12 aromatic rings. The van der Waals surface area contributed by atoms with Gasteiger partial charge >= 0.3 is 15.6 Å². The molecule has 10 heterocycles. The van der Waals surface area contributed by atoms with Gasteiger partial charge < -0.3 is 4.18 Å². The maximum atomic E-state index is 14.7. The maximum Gasteiger partial charge on any atom is 0.534 e. The van der Waals surface area contributed by atoms with Crippen molar-refractivity contribution in [2.45, 2.75) is 15.6 Å². The van der Waals surface area contributed by atoms with Crippen LogP contribution in [0.15, 0.2) is 145 Å². The van der Waals surface area contributed by atoms with Gasteiger partial charge in [0.25, 0.3) is 0 Å². The van der Waals surface area contributed by atoms with E-state index in [1.165, 1.54) is 40.4 Å². The molecule has 0 radical (unpaired) electrons. The number of pyridine rings is 4. The highest BCUT2D eigenvalue weighted by Gasteiger charge is 2.48. The van der Waals surface area contributed by atoms with Gasteiger partial charge in [-0.05, 0) is 84.6 Å². The van der Waals surface area contributed by atoms with E-state index in [2.05, 4.69) is 67.1 Å². The number of aromatic amines is 1. The average Bonchev–Trinajstić information content (AvgIpc) is 4.25. The fraction of sp³-hybridized carbons (Fsp3) is 0.106. The first-order chi connectivity index (χ1) is 35.3. The molecule has 2 aromatic carbocycles. The van der Waals surface area contributed by atoms with Crippen LogP contribution in [0.3, 0.4) is 0 Å². The van der Waals surface area contributed by atoms with Crippen LogP contribution in [0.5, 0.6) is 5.75 Å². The van der Waals surface area contributed by atoms with Crippen molar-refractivity contribution < 1.29 is 34.6 Å². The third kappa shape index (κ3) is 10.2. The second kappa shape index (κ2) is 19.4. The van der Waals surface area contributed by atoms with E-state index in [1.807, 2.05) is 70.5 Å². The summed E-state index contributed by atoms with van der Waals surface area (Å²) in [6.07, 6.45) is 21.2. The Morgan fingerprint density at radius 1 is 0.568 bits per heavy atom. The first-order valence-corrected chi connectivity index (χ1v) is 24.2. The van der Waals surface area contributed by atoms with Crippen LogP contribution in [-0.4, -0.2) is 92.2 Å². The molecule has 19 nitrogen and oxygen atoms in total. The smallest absolute Gasteiger partial charge is 0.376 e. The largest absolute Gasteiger partial charge is 0.534 e. The number of nitrogens with zero attached hydrogens (tertiary/aromatic N) is 15. The standard InChI is InChI=1S/C23H17FN8S.C14H10F3N3O3S.C10H8FN5S/c1-30-11-17(9-26-30)15-5-14-6-19(3-4-21(14)25-8-15)33-23-29-28-22-20(24)7-16(13-32(22)23)18-10-27-31(2)12-18;1-20-8-11(7-19-20)10-4-9-5-12(2-3-13(9)18-6-10)23-24(21,22)14(15,16)17;1-15-4-7(3-12-15)6-2-8(11)9-13-14-10(17)16(9)5-6/h3-13H,1-2H3;2-8H,1H3;2-5H,1H3,(H,14,17). The number of aromatic nitrogens is 16. The average molecular weight is 1060 g/mol. The number of fused-ring (bicyclic) bond motifs is 4. The van der Waals surface area contributed by atoms with E-state index in [0.29, 0.717) is 37.5 Å². The van der Waals surface area contributed by atoms with Crippen molar-refractivity contribution in [3.05, 3.63) is 151 Å². The first-order valence-electron chi connectivity index (χ1n) is 21.6. The molecule has 74 heavy (non-hydrogen) atoms. The first kappa shape index (κ1) is 48.9. The monoisotopic (exact) mass is 1060 g/mol. The Bertz CT molecular complexity index is 4250. The van der Waals surface area contributed by atoms with Gasteiger partial charge in [0.05, 0.1) is 35.8 Å². The number of aryl methyl sites for hydroxylation is 4. The predicted molar refractivity (Wildman–Crippen MR) is 265 cm³/mol. The number of H-pyrrole nitrogens is 1. The summed E-state index contributed by atoms with van der Waals surface area (Å²) in [4.78, 5) is 9.72. The van der Waals surface area contributed by atoms with Crippen molar-refractivity contribution in [3.63, 3.8) is 0 Å². The summed E-state index contributed by atoms with van der Waals surface area (Å²) in [5.41, 5.74) is 2.79. The molecule has 0 aliphatic carbocycles. The minimum absolute atomic E-state index is 0.187. The van der Waals surface area contributed by atoms with Gasteiger partial charge in [-0.3, -0.25) is 42.6 Å². The van der Waals surface area contributed by atoms with Gasteiger partial charge in [0.15, 0.2) is 27.7 Å². The fourth-order valence-electron chi connectivity index (χ4n) is 7.50. The van der Waals surface area contributed by atoms with Gasteiger partial charge in [-0.25, -0.2) is 8.78 Å². The summed E-state index contributed by atoms with van der Waals surface area (Å²) in [5.74, 6) is -1.29. The summed E-state index contributed by atoms with van der Waals surface area (Å²) < 4.78 is 102. The van der Waals surface area contributed by atoms with Gasteiger partial charge in [-0.15, -0.1) is 10.2 Å². The summed E-state index contributed by atoms with van der Waals surface area (Å²) in [5, 5.41) is 33.1. The number of nitrogens with one attached hydrogen (secondary N) is 1. The Morgan fingerprint density at radius 2 is 1.05 bits per heavy atom. The number of hydrogen-bond donors (Lipinski definition) is 1. The Kier molecular flexibility index (Phi) is 12.8. The molecule has 0 bridgehead atoms. The number of benzene rings is 2. The van der Waals surface area contributed by atoms with E-state index >= 15 is 0 Å². The van der Waals surface area contributed by atoms with Gasteiger partial charge in [0.2, 0.25) is 5.16 Å². The lowest BCUT2D eigenvalue weighted by molar-refractivity contribution is -0.0500. The number of alkyl halides is 3. The van der Waals surface area contributed by atoms with Crippen molar-refractivity contribution in [1.82, 2.24) is 78.3 Å². The van der Waals surface area contributed by atoms with Crippen LogP contribution in [0.4, 0.5) is 22.0 Å². The molecule has 1 N–H and O–H groups in total.